The van der Waals surface area contributed by atoms with Crippen LogP contribution in [0.5, 0.6) is 0 Å². The largest absolute Gasteiger partial charge is 0.331 e. The molecule has 0 aliphatic heterocycles. The Labute approximate surface area is 159 Å². The molecule has 7 nitrogen and oxygen atoms in total. The van der Waals surface area contributed by atoms with Gasteiger partial charge in [-0.3, -0.25) is 14.3 Å². The first kappa shape index (κ1) is 17.4. The number of fused-ring (bicyclic) bond motifs is 2. The van der Waals surface area contributed by atoms with Crippen LogP contribution in [0.1, 0.15) is 28.1 Å². The monoisotopic (exact) mass is 381 g/mol. The number of aryl methyl sites for hydroxylation is 2. The normalized spacial score (nSPS) is 11.4. The summed E-state index contributed by atoms with van der Waals surface area (Å²) in [4.78, 5) is 35.9. The van der Waals surface area contributed by atoms with Crippen LogP contribution in [0.3, 0.4) is 0 Å². The molecule has 3 aromatic heterocycles. The predicted molar refractivity (Wildman–Crippen MR) is 106 cm³/mol. The van der Waals surface area contributed by atoms with Gasteiger partial charge in [-0.05, 0) is 32.0 Å². The van der Waals surface area contributed by atoms with Crippen molar-refractivity contribution in [2.24, 2.45) is 7.05 Å². The molecule has 0 spiro atoms. The summed E-state index contributed by atoms with van der Waals surface area (Å²) in [6.45, 7) is 4.61. The van der Waals surface area contributed by atoms with Crippen molar-refractivity contribution >= 4 is 38.4 Å². The molecule has 0 aliphatic rings. The molecule has 0 bridgehead atoms. The lowest BCUT2D eigenvalue weighted by Crippen LogP contribution is -2.31. The van der Waals surface area contributed by atoms with Gasteiger partial charge < -0.3 is 9.88 Å². The maximum Gasteiger partial charge on any atom is 0.264 e. The molecule has 4 aromatic rings. The quantitative estimate of drug-likeness (QED) is 0.589. The third-order valence-corrected chi connectivity index (χ3v) is 5.77. The molecule has 1 amide bonds. The van der Waals surface area contributed by atoms with Gasteiger partial charge in [-0.1, -0.05) is 12.1 Å². The van der Waals surface area contributed by atoms with Crippen molar-refractivity contribution in [3.05, 3.63) is 57.1 Å². The lowest BCUT2D eigenvalue weighted by Gasteiger charge is -2.19. The first-order chi connectivity index (χ1) is 13.0. The fraction of sp³-hybridized carbons (Fsp3) is 0.263. The average Bonchev–Trinajstić information content (AvgIpc) is 3.21. The summed E-state index contributed by atoms with van der Waals surface area (Å²) in [7, 11) is 1.88. The van der Waals surface area contributed by atoms with Gasteiger partial charge in [-0.15, -0.1) is 11.3 Å². The molecule has 0 fully saturated rings. The summed E-state index contributed by atoms with van der Waals surface area (Å²) in [6.07, 6.45) is 0. The molecule has 0 saturated heterocycles. The molecule has 27 heavy (non-hydrogen) atoms. The minimum absolute atomic E-state index is 0.0751. The zero-order valence-corrected chi connectivity index (χ0v) is 16.1. The summed E-state index contributed by atoms with van der Waals surface area (Å²) in [5.41, 5.74) is 1.34. The number of rotatable bonds is 4. The highest BCUT2D eigenvalue weighted by Crippen LogP contribution is 2.28. The number of hydrogen-bond donors (Lipinski definition) is 1. The summed E-state index contributed by atoms with van der Waals surface area (Å²) in [6, 6.07) is 9.08. The van der Waals surface area contributed by atoms with Crippen LogP contribution in [0, 0.1) is 6.92 Å². The first-order valence-corrected chi connectivity index (χ1v) is 9.50. The van der Waals surface area contributed by atoms with Crippen LogP contribution in [-0.4, -0.2) is 37.1 Å². The number of carbonyl (C=O) groups is 1. The second-order valence-electron chi connectivity index (χ2n) is 6.39. The maximum atomic E-state index is 13.0. The van der Waals surface area contributed by atoms with E-state index in [0.717, 1.165) is 15.9 Å². The lowest BCUT2D eigenvalue weighted by molar-refractivity contribution is 0.0753. The number of amides is 1. The number of carbonyl (C=O) groups excluding carboxylic acids is 1. The van der Waals surface area contributed by atoms with Gasteiger partial charge in [-0.25, -0.2) is 4.98 Å². The Morgan fingerprint density at radius 1 is 1.30 bits per heavy atom. The summed E-state index contributed by atoms with van der Waals surface area (Å²) in [5, 5.41) is 5.92. The van der Waals surface area contributed by atoms with Gasteiger partial charge in [0, 0.05) is 19.0 Å². The molecular formula is C19H19N5O2S. The fourth-order valence-corrected chi connectivity index (χ4v) is 4.28. The number of para-hydroxylation sites is 1. The zero-order chi connectivity index (χ0) is 19.1. The molecule has 138 valence electrons. The fourth-order valence-electron chi connectivity index (χ4n) is 3.18. The Morgan fingerprint density at radius 3 is 2.81 bits per heavy atom. The molecule has 1 aromatic carbocycles. The minimum Gasteiger partial charge on any atom is -0.331 e. The van der Waals surface area contributed by atoms with E-state index in [9.17, 15) is 9.59 Å². The van der Waals surface area contributed by atoms with Gasteiger partial charge in [0.05, 0.1) is 28.0 Å². The first-order valence-electron chi connectivity index (χ1n) is 8.68. The van der Waals surface area contributed by atoms with Crippen LogP contribution in [0.25, 0.3) is 21.1 Å². The standard InChI is InChI=1S/C19H19N5O2S/c1-4-24(10-16-20-14-8-6-5-7-12(14)17(25)21-16)18(26)15-9-13-11(2)22-23(3)19(13)27-15/h5-9H,4,10H2,1-3H3,(H,20,21,25). The highest BCUT2D eigenvalue weighted by Gasteiger charge is 2.20. The van der Waals surface area contributed by atoms with Crippen molar-refractivity contribution < 1.29 is 4.79 Å². The van der Waals surface area contributed by atoms with E-state index in [4.69, 9.17) is 0 Å². The van der Waals surface area contributed by atoms with E-state index in [0.29, 0.717) is 28.1 Å². The minimum atomic E-state index is -0.192. The van der Waals surface area contributed by atoms with Crippen molar-refractivity contribution in [3.8, 4) is 0 Å². The summed E-state index contributed by atoms with van der Waals surface area (Å²) in [5.74, 6) is 0.404. The smallest absolute Gasteiger partial charge is 0.264 e. The highest BCUT2D eigenvalue weighted by molar-refractivity contribution is 7.20. The van der Waals surface area contributed by atoms with Crippen LogP contribution < -0.4 is 5.56 Å². The third-order valence-electron chi connectivity index (χ3n) is 4.58. The van der Waals surface area contributed by atoms with Crippen molar-refractivity contribution in [2.45, 2.75) is 20.4 Å². The highest BCUT2D eigenvalue weighted by atomic mass is 32.1. The molecule has 0 radical (unpaired) electrons. The number of aromatic amines is 1. The van der Waals surface area contributed by atoms with Gasteiger partial charge in [-0.2, -0.15) is 5.10 Å². The predicted octanol–water partition coefficient (Wildman–Crippen LogP) is 2.84. The Kier molecular flexibility index (Phi) is 4.27. The van der Waals surface area contributed by atoms with Crippen molar-refractivity contribution in [1.29, 1.82) is 0 Å². The van der Waals surface area contributed by atoms with Gasteiger partial charge in [0.2, 0.25) is 0 Å². The van der Waals surface area contributed by atoms with Crippen LogP contribution in [0.15, 0.2) is 35.1 Å². The summed E-state index contributed by atoms with van der Waals surface area (Å²) < 4.78 is 1.80. The maximum absolute atomic E-state index is 13.0. The molecule has 8 heteroatoms. The van der Waals surface area contributed by atoms with Gasteiger partial charge in [0.25, 0.3) is 11.5 Å². The molecule has 0 saturated carbocycles. The van der Waals surface area contributed by atoms with Crippen LogP contribution in [-0.2, 0) is 13.6 Å². The SMILES string of the molecule is CCN(Cc1nc2ccccc2c(=O)[nH]1)C(=O)c1cc2c(C)nn(C)c2s1. The van der Waals surface area contributed by atoms with E-state index in [2.05, 4.69) is 15.1 Å². The van der Waals surface area contributed by atoms with E-state index >= 15 is 0 Å². The second kappa shape index (κ2) is 6.62. The number of H-pyrrole nitrogens is 1. The third kappa shape index (κ3) is 3.02. The van der Waals surface area contributed by atoms with Gasteiger partial charge in [0.15, 0.2) is 0 Å². The molecule has 4 rings (SSSR count). The number of aromatic nitrogens is 4. The number of hydrogen-bond acceptors (Lipinski definition) is 5. The lowest BCUT2D eigenvalue weighted by atomic mass is 10.2. The topological polar surface area (TPSA) is 83.9 Å². The number of nitrogens with one attached hydrogen (secondary N) is 1. The number of nitrogens with zero attached hydrogens (tertiary/aromatic N) is 4. The van der Waals surface area contributed by atoms with Gasteiger partial charge >= 0.3 is 0 Å². The van der Waals surface area contributed by atoms with Crippen molar-refractivity contribution in [2.75, 3.05) is 6.54 Å². The Balaban J connectivity index is 1.66. The van der Waals surface area contributed by atoms with E-state index in [1.807, 2.05) is 33.0 Å². The van der Waals surface area contributed by atoms with Crippen LogP contribution >= 0.6 is 11.3 Å². The van der Waals surface area contributed by atoms with E-state index < -0.39 is 0 Å². The van der Waals surface area contributed by atoms with Crippen molar-refractivity contribution in [1.82, 2.24) is 24.6 Å². The molecule has 0 unspecified atom stereocenters. The van der Waals surface area contributed by atoms with Crippen molar-refractivity contribution in [3.63, 3.8) is 0 Å². The molecule has 3 heterocycles. The molecule has 0 atom stereocenters. The van der Waals surface area contributed by atoms with Crippen LogP contribution in [0.2, 0.25) is 0 Å². The Bertz CT molecular complexity index is 1190. The zero-order valence-electron chi connectivity index (χ0n) is 15.3. The van der Waals surface area contributed by atoms with E-state index in [-0.39, 0.29) is 18.0 Å². The number of thiophene rings is 1. The van der Waals surface area contributed by atoms with E-state index in [1.165, 1.54) is 11.3 Å². The molecule has 0 aliphatic carbocycles. The Morgan fingerprint density at radius 2 is 2.07 bits per heavy atom. The summed E-state index contributed by atoms with van der Waals surface area (Å²) >= 11 is 1.43. The van der Waals surface area contributed by atoms with E-state index in [1.54, 1.807) is 27.8 Å². The second-order valence-corrected chi connectivity index (χ2v) is 7.42. The van der Waals surface area contributed by atoms with Crippen LogP contribution in [0.4, 0.5) is 0 Å². The average molecular weight is 381 g/mol. The molecular weight excluding hydrogens is 362 g/mol. The van der Waals surface area contributed by atoms with Gasteiger partial charge in [0.1, 0.15) is 10.7 Å². The Hall–Kier alpha value is -3.00. The number of benzene rings is 1. The molecule has 1 N–H and O–H groups in total.